The van der Waals surface area contributed by atoms with E-state index in [4.69, 9.17) is 11.6 Å². The molecule has 26 heavy (non-hydrogen) atoms. The third-order valence-electron chi connectivity index (χ3n) is 3.93. The average Bonchev–Trinajstić information content (AvgIpc) is 2.67. The molecule has 0 fully saturated rings. The van der Waals surface area contributed by atoms with E-state index in [-0.39, 0.29) is 5.91 Å². The summed E-state index contributed by atoms with van der Waals surface area (Å²) in [5.74, 6) is 0.610. The molecule has 5 heteroatoms. The van der Waals surface area contributed by atoms with Gasteiger partial charge in [0.25, 0.3) is 5.91 Å². The molecular formula is C21H20ClN3O. The number of benzene rings is 2. The number of nitrogens with one attached hydrogen (secondary N) is 2. The van der Waals surface area contributed by atoms with Gasteiger partial charge in [-0.2, -0.15) is 0 Å². The lowest BCUT2D eigenvalue weighted by molar-refractivity contribution is 0.0950. The maximum absolute atomic E-state index is 12.2. The topological polar surface area (TPSA) is 54.0 Å². The number of anilines is 1. The van der Waals surface area contributed by atoms with Gasteiger partial charge < -0.3 is 10.6 Å². The summed E-state index contributed by atoms with van der Waals surface area (Å²) >= 11 is 5.98. The van der Waals surface area contributed by atoms with Crippen molar-refractivity contribution in [2.45, 2.75) is 13.0 Å². The molecule has 1 heterocycles. The first-order valence-corrected chi connectivity index (χ1v) is 8.85. The van der Waals surface area contributed by atoms with Crippen LogP contribution in [0.25, 0.3) is 0 Å². The van der Waals surface area contributed by atoms with Crippen LogP contribution in [0.2, 0.25) is 5.02 Å². The summed E-state index contributed by atoms with van der Waals surface area (Å²) in [6.45, 7) is 1.24. The first-order valence-electron chi connectivity index (χ1n) is 8.47. The Hall–Kier alpha value is -2.85. The fourth-order valence-electron chi connectivity index (χ4n) is 2.54. The molecule has 0 aliphatic rings. The Labute approximate surface area is 158 Å². The van der Waals surface area contributed by atoms with E-state index in [2.05, 4.69) is 15.6 Å². The van der Waals surface area contributed by atoms with Crippen LogP contribution >= 0.6 is 11.6 Å². The largest absolute Gasteiger partial charge is 0.370 e. The summed E-state index contributed by atoms with van der Waals surface area (Å²) in [5.41, 5.74) is 2.77. The highest BCUT2D eigenvalue weighted by atomic mass is 35.5. The van der Waals surface area contributed by atoms with Crippen molar-refractivity contribution < 1.29 is 4.79 Å². The molecule has 0 atom stereocenters. The predicted molar refractivity (Wildman–Crippen MR) is 105 cm³/mol. The molecule has 0 bridgehead atoms. The first-order chi connectivity index (χ1) is 12.7. The number of carbonyl (C=O) groups is 1. The number of nitrogens with zero attached hydrogens (tertiary/aromatic N) is 1. The van der Waals surface area contributed by atoms with Crippen molar-refractivity contribution in [3.05, 3.63) is 94.6 Å². The zero-order valence-electron chi connectivity index (χ0n) is 14.3. The SMILES string of the molecule is O=C(NCc1ccccc1)c1ccc(NCCc2cccc(Cl)c2)nc1. The molecule has 3 rings (SSSR count). The van der Waals surface area contributed by atoms with Crippen LogP contribution in [-0.4, -0.2) is 17.4 Å². The van der Waals surface area contributed by atoms with Crippen molar-refractivity contribution in [1.82, 2.24) is 10.3 Å². The fraction of sp³-hybridized carbons (Fsp3) is 0.143. The van der Waals surface area contributed by atoms with Gasteiger partial charge in [0.2, 0.25) is 0 Å². The molecule has 1 amide bonds. The standard InChI is InChI=1S/C21H20ClN3O/c22-19-8-4-7-16(13-19)11-12-23-20-10-9-18(15-24-20)21(26)25-14-17-5-2-1-3-6-17/h1-10,13,15H,11-12,14H2,(H,23,24)(H,25,26). The number of aromatic nitrogens is 1. The van der Waals surface area contributed by atoms with Gasteiger partial charge in [-0.3, -0.25) is 4.79 Å². The number of pyridine rings is 1. The quantitative estimate of drug-likeness (QED) is 0.655. The van der Waals surface area contributed by atoms with Gasteiger partial charge in [0.05, 0.1) is 5.56 Å². The lowest BCUT2D eigenvalue weighted by atomic mass is 10.1. The second-order valence-electron chi connectivity index (χ2n) is 5.91. The van der Waals surface area contributed by atoms with Gasteiger partial charge in [-0.25, -0.2) is 4.98 Å². The first kappa shape index (κ1) is 18.0. The Morgan fingerprint density at radius 2 is 1.77 bits per heavy atom. The van der Waals surface area contributed by atoms with Crippen LogP contribution in [0.3, 0.4) is 0 Å². The summed E-state index contributed by atoms with van der Waals surface area (Å²) in [4.78, 5) is 16.5. The van der Waals surface area contributed by atoms with Crippen molar-refractivity contribution >= 4 is 23.3 Å². The number of rotatable bonds is 7. The van der Waals surface area contributed by atoms with Gasteiger partial charge in [0.15, 0.2) is 0 Å². The van der Waals surface area contributed by atoms with E-state index in [1.807, 2.05) is 60.7 Å². The van der Waals surface area contributed by atoms with Gasteiger partial charge in [-0.15, -0.1) is 0 Å². The minimum atomic E-state index is -0.133. The minimum absolute atomic E-state index is 0.133. The number of carbonyl (C=O) groups excluding carboxylic acids is 1. The zero-order valence-corrected chi connectivity index (χ0v) is 15.0. The molecule has 1 aromatic heterocycles. The van der Waals surface area contributed by atoms with Gasteiger partial charge in [-0.05, 0) is 41.8 Å². The van der Waals surface area contributed by atoms with Crippen LogP contribution in [0.1, 0.15) is 21.5 Å². The van der Waals surface area contributed by atoms with Crippen molar-refractivity contribution in [1.29, 1.82) is 0 Å². The van der Waals surface area contributed by atoms with E-state index in [0.717, 1.165) is 29.4 Å². The number of halogens is 1. The third-order valence-corrected chi connectivity index (χ3v) is 4.17. The van der Waals surface area contributed by atoms with E-state index in [9.17, 15) is 4.79 Å². The summed E-state index contributed by atoms with van der Waals surface area (Å²) in [6, 6.07) is 21.2. The maximum Gasteiger partial charge on any atom is 0.253 e. The van der Waals surface area contributed by atoms with Crippen LogP contribution in [-0.2, 0) is 13.0 Å². The molecule has 0 spiro atoms. The van der Waals surface area contributed by atoms with E-state index < -0.39 is 0 Å². The highest BCUT2D eigenvalue weighted by molar-refractivity contribution is 6.30. The lowest BCUT2D eigenvalue weighted by Crippen LogP contribution is -2.22. The molecule has 0 saturated heterocycles. The second-order valence-corrected chi connectivity index (χ2v) is 6.34. The summed E-state index contributed by atoms with van der Waals surface area (Å²) in [5, 5.41) is 6.89. The van der Waals surface area contributed by atoms with Gasteiger partial charge >= 0.3 is 0 Å². The zero-order chi connectivity index (χ0) is 18.2. The summed E-state index contributed by atoms with van der Waals surface area (Å²) in [6.07, 6.45) is 2.43. The van der Waals surface area contributed by atoms with Gasteiger partial charge in [0, 0.05) is 24.3 Å². The van der Waals surface area contributed by atoms with Crippen molar-refractivity contribution in [2.24, 2.45) is 0 Å². The monoisotopic (exact) mass is 365 g/mol. The smallest absolute Gasteiger partial charge is 0.253 e. The van der Waals surface area contributed by atoms with Crippen molar-refractivity contribution in [3.63, 3.8) is 0 Å². The van der Waals surface area contributed by atoms with Crippen LogP contribution in [0.5, 0.6) is 0 Å². The average molecular weight is 366 g/mol. The summed E-state index contributed by atoms with van der Waals surface area (Å²) in [7, 11) is 0. The Bertz CT molecular complexity index is 851. The minimum Gasteiger partial charge on any atom is -0.370 e. The molecule has 0 aliphatic carbocycles. The highest BCUT2D eigenvalue weighted by Crippen LogP contribution is 2.12. The Balaban J connectivity index is 1.47. The Morgan fingerprint density at radius 1 is 0.962 bits per heavy atom. The molecule has 2 aromatic carbocycles. The van der Waals surface area contributed by atoms with Crippen molar-refractivity contribution in [2.75, 3.05) is 11.9 Å². The van der Waals surface area contributed by atoms with Gasteiger partial charge in [-0.1, -0.05) is 54.1 Å². The van der Waals surface area contributed by atoms with E-state index in [0.29, 0.717) is 12.1 Å². The lowest BCUT2D eigenvalue weighted by Gasteiger charge is -2.08. The van der Waals surface area contributed by atoms with Crippen LogP contribution in [0.4, 0.5) is 5.82 Å². The predicted octanol–water partition coefficient (Wildman–Crippen LogP) is 4.32. The van der Waals surface area contributed by atoms with E-state index >= 15 is 0 Å². The van der Waals surface area contributed by atoms with Crippen LogP contribution in [0.15, 0.2) is 72.9 Å². The molecular weight excluding hydrogens is 346 g/mol. The van der Waals surface area contributed by atoms with E-state index in [1.54, 1.807) is 12.3 Å². The second kappa shape index (κ2) is 9.02. The Morgan fingerprint density at radius 3 is 2.50 bits per heavy atom. The third kappa shape index (κ3) is 5.33. The number of hydrogen-bond donors (Lipinski definition) is 2. The molecule has 132 valence electrons. The van der Waals surface area contributed by atoms with E-state index in [1.165, 1.54) is 5.56 Å². The highest BCUT2D eigenvalue weighted by Gasteiger charge is 2.06. The summed E-state index contributed by atoms with van der Waals surface area (Å²) < 4.78 is 0. The van der Waals surface area contributed by atoms with Crippen LogP contribution in [0, 0.1) is 0 Å². The maximum atomic E-state index is 12.2. The molecule has 0 saturated carbocycles. The molecule has 4 nitrogen and oxygen atoms in total. The molecule has 0 radical (unpaired) electrons. The van der Waals surface area contributed by atoms with Crippen LogP contribution < -0.4 is 10.6 Å². The molecule has 3 aromatic rings. The Kier molecular flexibility index (Phi) is 6.23. The molecule has 0 unspecified atom stereocenters. The van der Waals surface area contributed by atoms with Crippen molar-refractivity contribution in [3.8, 4) is 0 Å². The van der Waals surface area contributed by atoms with Gasteiger partial charge in [0.1, 0.15) is 5.82 Å². The normalized spacial score (nSPS) is 10.3. The molecule has 0 aliphatic heterocycles. The number of hydrogen-bond acceptors (Lipinski definition) is 3. The number of amides is 1. The molecule has 2 N–H and O–H groups in total. The fourth-order valence-corrected chi connectivity index (χ4v) is 2.75.